The first-order valence-corrected chi connectivity index (χ1v) is 6.88. The van der Waals surface area contributed by atoms with Crippen LogP contribution in [0.4, 0.5) is 4.79 Å². The van der Waals surface area contributed by atoms with Crippen LogP contribution in [0.3, 0.4) is 0 Å². The number of urea groups is 1. The molecule has 0 spiro atoms. The van der Waals surface area contributed by atoms with E-state index >= 15 is 0 Å². The number of nitrogens with one attached hydrogen (secondary N) is 1. The average molecular weight is 241 g/mol. The Labute approximate surface area is 100 Å². The van der Waals surface area contributed by atoms with Gasteiger partial charge in [-0.05, 0) is 19.3 Å². The van der Waals surface area contributed by atoms with Gasteiger partial charge in [-0.25, -0.2) is 10.2 Å². The maximum atomic E-state index is 10.7. The fourth-order valence-electron chi connectivity index (χ4n) is 2.69. The number of rotatable bonds is 1. The Morgan fingerprint density at radius 2 is 2.25 bits per heavy atom. The summed E-state index contributed by atoms with van der Waals surface area (Å²) in [6.07, 6.45) is 6.09. The van der Waals surface area contributed by atoms with Crippen LogP contribution in [0.15, 0.2) is 5.10 Å². The summed E-state index contributed by atoms with van der Waals surface area (Å²) < 4.78 is 0. The van der Waals surface area contributed by atoms with Crippen molar-refractivity contribution in [3.8, 4) is 0 Å². The molecule has 2 rings (SSSR count). The molecule has 0 unspecified atom stereocenters. The first kappa shape index (κ1) is 11.8. The molecule has 0 aromatic carbocycles. The van der Waals surface area contributed by atoms with Gasteiger partial charge in [0.25, 0.3) is 0 Å². The summed E-state index contributed by atoms with van der Waals surface area (Å²) in [5.41, 5.74) is 8.58. The lowest BCUT2D eigenvalue weighted by molar-refractivity contribution is 0.249. The summed E-state index contributed by atoms with van der Waals surface area (Å²) >= 11 is 2.08. The number of carbonyl (C=O) groups is 1. The van der Waals surface area contributed by atoms with Gasteiger partial charge in [0, 0.05) is 22.1 Å². The highest BCUT2D eigenvalue weighted by molar-refractivity contribution is 8.00. The first-order valence-electron chi connectivity index (χ1n) is 5.94. The van der Waals surface area contributed by atoms with Crippen molar-refractivity contribution in [3.63, 3.8) is 0 Å². The number of fused-ring (bicyclic) bond motifs is 1. The molecular formula is C11H19N3OS. The van der Waals surface area contributed by atoms with Crippen molar-refractivity contribution in [1.82, 2.24) is 5.43 Å². The maximum absolute atomic E-state index is 10.7. The Morgan fingerprint density at radius 3 is 3.00 bits per heavy atom. The molecule has 1 aliphatic carbocycles. The predicted octanol–water partition coefficient (Wildman–Crippen LogP) is 2.09. The van der Waals surface area contributed by atoms with Gasteiger partial charge in [0.1, 0.15) is 0 Å². The van der Waals surface area contributed by atoms with E-state index in [1.807, 2.05) is 0 Å². The van der Waals surface area contributed by atoms with Crippen LogP contribution >= 0.6 is 11.8 Å². The van der Waals surface area contributed by atoms with Gasteiger partial charge in [-0.3, -0.25) is 0 Å². The molecule has 1 saturated heterocycles. The molecule has 3 N–H and O–H groups in total. The molecule has 2 fully saturated rings. The Kier molecular flexibility index (Phi) is 3.74. The molecule has 1 heterocycles. The highest BCUT2D eigenvalue weighted by Gasteiger charge is 2.35. The second kappa shape index (κ2) is 5.08. The molecule has 5 heteroatoms. The van der Waals surface area contributed by atoms with Gasteiger partial charge in [0.05, 0.1) is 0 Å². The number of primary amides is 1. The standard InChI is InChI=1S/C11H19N3OS/c1-7-6-9(13-14-11(12)15)8-4-2-3-5-10(8)16-7/h7-8,10H,2-6H2,1H3,(H3,12,14,15)/b13-9-/t7-,8-,10-/m0/s1. The van der Waals surface area contributed by atoms with Gasteiger partial charge in [0.2, 0.25) is 0 Å². The summed E-state index contributed by atoms with van der Waals surface area (Å²) in [5.74, 6) is 0.557. The third-order valence-electron chi connectivity index (χ3n) is 3.34. The van der Waals surface area contributed by atoms with Crippen molar-refractivity contribution in [2.24, 2.45) is 16.8 Å². The zero-order chi connectivity index (χ0) is 11.5. The third kappa shape index (κ3) is 2.70. The number of nitrogens with two attached hydrogens (primary N) is 1. The third-order valence-corrected chi connectivity index (χ3v) is 4.89. The highest BCUT2D eigenvalue weighted by Crippen LogP contribution is 2.42. The van der Waals surface area contributed by atoms with Crippen molar-refractivity contribution in [2.45, 2.75) is 49.5 Å². The molecule has 0 bridgehead atoms. The van der Waals surface area contributed by atoms with Crippen molar-refractivity contribution >= 4 is 23.5 Å². The Balaban J connectivity index is 2.08. The number of hydrogen-bond donors (Lipinski definition) is 2. The molecule has 0 radical (unpaired) electrons. The topological polar surface area (TPSA) is 67.5 Å². The van der Waals surface area contributed by atoms with Crippen LogP contribution in [0.1, 0.15) is 39.0 Å². The second-order valence-electron chi connectivity index (χ2n) is 4.66. The average Bonchev–Trinajstić information content (AvgIpc) is 2.25. The quantitative estimate of drug-likeness (QED) is 0.690. The molecule has 1 saturated carbocycles. The summed E-state index contributed by atoms with van der Waals surface area (Å²) in [6.45, 7) is 2.23. The van der Waals surface area contributed by atoms with E-state index in [0.717, 1.165) is 12.1 Å². The number of amides is 2. The van der Waals surface area contributed by atoms with Gasteiger partial charge in [-0.15, -0.1) is 0 Å². The van der Waals surface area contributed by atoms with Crippen LogP contribution in [-0.4, -0.2) is 22.2 Å². The molecular weight excluding hydrogens is 222 g/mol. The monoisotopic (exact) mass is 241 g/mol. The lowest BCUT2D eigenvalue weighted by Gasteiger charge is -2.38. The predicted molar refractivity (Wildman–Crippen MR) is 67.6 cm³/mol. The molecule has 16 heavy (non-hydrogen) atoms. The molecule has 3 atom stereocenters. The van der Waals surface area contributed by atoms with Crippen LogP contribution in [-0.2, 0) is 0 Å². The van der Waals surface area contributed by atoms with E-state index in [-0.39, 0.29) is 0 Å². The zero-order valence-electron chi connectivity index (χ0n) is 9.61. The normalized spacial score (nSPS) is 36.8. The van der Waals surface area contributed by atoms with E-state index in [2.05, 4.69) is 29.2 Å². The van der Waals surface area contributed by atoms with Gasteiger partial charge in [-0.2, -0.15) is 16.9 Å². The van der Waals surface area contributed by atoms with E-state index < -0.39 is 6.03 Å². The van der Waals surface area contributed by atoms with Crippen molar-refractivity contribution < 1.29 is 4.79 Å². The van der Waals surface area contributed by atoms with Gasteiger partial charge < -0.3 is 5.73 Å². The van der Waals surface area contributed by atoms with E-state index in [9.17, 15) is 4.79 Å². The highest BCUT2D eigenvalue weighted by atomic mass is 32.2. The fourth-order valence-corrected chi connectivity index (χ4v) is 4.34. The minimum absolute atomic E-state index is 0.557. The smallest absolute Gasteiger partial charge is 0.332 e. The Bertz CT molecular complexity index is 306. The molecule has 0 aromatic rings. The van der Waals surface area contributed by atoms with Crippen molar-refractivity contribution in [3.05, 3.63) is 0 Å². The SMILES string of the molecule is C[C@H]1C/C(=N/NC(N)=O)[C@@H]2CCCC[C@@H]2S1. The fraction of sp³-hybridized carbons (Fsp3) is 0.818. The van der Waals surface area contributed by atoms with Crippen LogP contribution in [0.2, 0.25) is 0 Å². The Hall–Kier alpha value is -0.710. The minimum Gasteiger partial charge on any atom is -0.350 e. The summed E-state index contributed by atoms with van der Waals surface area (Å²) in [6, 6.07) is -0.564. The molecule has 2 amide bonds. The number of hydrazone groups is 1. The van der Waals surface area contributed by atoms with Crippen LogP contribution in [0, 0.1) is 5.92 Å². The van der Waals surface area contributed by atoms with Crippen molar-refractivity contribution in [2.75, 3.05) is 0 Å². The van der Waals surface area contributed by atoms with Gasteiger partial charge in [0.15, 0.2) is 0 Å². The van der Waals surface area contributed by atoms with Gasteiger partial charge in [-0.1, -0.05) is 19.8 Å². The number of hydrogen-bond acceptors (Lipinski definition) is 3. The summed E-state index contributed by atoms with van der Waals surface area (Å²) in [7, 11) is 0. The van der Waals surface area contributed by atoms with Crippen LogP contribution < -0.4 is 11.2 Å². The second-order valence-corrected chi connectivity index (χ2v) is 6.34. The van der Waals surface area contributed by atoms with Crippen LogP contribution in [0.5, 0.6) is 0 Å². The Morgan fingerprint density at radius 1 is 1.50 bits per heavy atom. The molecule has 0 aromatic heterocycles. The molecule has 90 valence electrons. The number of nitrogens with zero attached hydrogens (tertiary/aromatic N) is 1. The van der Waals surface area contributed by atoms with Crippen molar-refractivity contribution in [1.29, 1.82) is 0 Å². The lowest BCUT2D eigenvalue weighted by atomic mass is 9.83. The zero-order valence-corrected chi connectivity index (χ0v) is 10.4. The summed E-state index contributed by atoms with van der Waals surface area (Å²) in [5, 5.41) is 5.50. The van der Waals surface area contributed by atoms with E-state index in [1.54, 1.807) is 0 Å². The number of carbonyl (C=O) groups excluding carboxylic acids is 1. The first-order chi connectivity index (χ1) is 7.66. The number of thioether (sulfide) groups is 1. The maximum Gasteiger partial charge on any atom is 0.332 e. The molecule has 4 nitrogen and oxygen atoms in total. The van der Waals surface area contributed by atoms with Crippen LogP contribution in [0.25, 0.3) is 0 Å². The summed E-state index contributed by atoms with van der Waals surface area (Å²) in [4.78, 5) is 10.7. The van der Waals surface area contributed by atoms with Gasteiger partial charge >= 0.3 is 6.03 Å². The molecule has 1 aliphatic heterocycles. The lowest BCUT2D eigenvalue weighted by Crippen LogP contribution is -2.38. The van der Waals surface area contributed by atoms with E-state index in [0.29, 0.717) is 16.4 Å². The van der Waals surface area contributed by atoms with E-state index in [4.69, 9.17) is 5.73 Å². The largest absolute Gasteiger partial charge is 0.350 e. The molecule has 2 aliphatic rings. The minimum atomic E-state index is -0.564. The van der Waals surface area contributed by atoms with E-state index in [1.165, 1.54) is 25.7 Å².